The summed E-state index contributed by atoms with van der Waals surface area (Å²) in [5, 5.41) is 0. The Labute approximate surface area is 181 Å². The molecule has 0 saturated carbocycles. The number of nitrogens with zero attached hydrogens (tertiary/aromatic N) is 1. The number of benzene rings is 3. The lowest BCUT2D eigenvalue weighted by molar-refractivity contribution is 0.0537. The fourth-order valence-corrected chi connectivity index (χ4v) is 5.01. The zero-order chi connectivity index (χ0) is 22.0. The van der Waals surface area contributed by atoms with Crippen LogP contribution in [0, 0.1) is 6.92 Å². The van der Waals surface area contributed by atoms with Crippen molar-refractivity contribution in [1.82, 2.24) is 5.48 Å². The van der Waals surface area contributed by atoms with Gasteiger partial charge in [-0.15, -0.1) is 0 Å². The third-order valence-corrected chi connectivity index (χ3v) is 6.96. The van der Waals surface area contributed by atoms with Crippen LogP contribution < -0.4 is 9.79 Å². The van der Waals surface area contributed by atoms with Crippen LogP contribution in [-0.2, 0) is 14.9 Å². The second kappa shape index (κ2) is 8.37. The molecule has 1 N–H and O–H groups in total. The molecular weight excluding hydrogens is 412 g/mol. The summed E-state index contributed by atoms with van der Waals surface area (Å²) in [6.07, 6.45) is 1.90. The maximum atomic E-state index is 13.5. The van der Waals surface area contributed by atoms with E-state index in [0.29, 0.717) is 11.3 Å². The van der Waals surface area contributed by atoms with Crippen LogP contribution in [0.5, 0.6) is 0 Å². The highest BCUT2D eigenvalue weighted by molar-refractivity contribution is 7.92. The quantitative estimate of drug-likeness (QED) is 0.618. The summed E-state index contributed by atoms with van der Waals surface area (Å²) in [5.74, 6) is -0.450. The number of carbonyl (C=O) groups excluding carboxylic acids is 1. The topological polar surface area (TPSA) is 75.7 Å². The van der Waals surface area contributed by atoms with Gasteiger partial charge in [-0.3, -0.25) is 13.9 Å². The minimum atomic E-state index is -3.83. The Morgan fingerprint density at radius 1 is 1.00 bits per heavy atom. The van der Waals surface area contributed by atoms with E-state index in [1.165, 1.54) is 11.4 Å². The molecule has 6 nitrogen and oxygen atoms in total. The number of carbonyl (C=O) groups is 1. The van der Waals surface area contributed by atoms with E-state index < -0.39 is 15.9 Å². The molecule has 0 bridgehead atoms. The summed E-state index contributed by atoms with van der Waals surface area (Å²) in [4.78, 5) is 17.3. The van der Waals surface area contributed by atoms with Crippen LogP contribution in [0.15, 0.2) is 83.8 Å². The first-order chi connectivity index (χ1) is 14.9. The van der Waals surface area contributed by atoms with E-state index in [9.17, 15) is 13.2 Å². The molecule has 0 spiro atoms. The van der Waals surface area contributed by atoms with Gasteiger partial charge in [-0.2, -0.15) is 0 Å². The van der Waals surface area contributed by atoms with Crippen LogP contribution in [0.2, 0.25) is 0 Å². The van der Waals surface area contributed by atoms with Crippen molar-refractivity contribution in [3.05, 3.63) is 101 Å². The van der Waals surface area contributed by atoms with Gasteiger partial charge in [0.15, 0.2) is 0 Å². The van der Waals surface area contributed by atoms with Crippen molar-refractivity contribution in [2.75, 3.05) is 18.0 Å². The normalized spacial score (nSPS) is 13.4. The Morgan fingerprint density at radius 2 is 1.71 bits per heavy atom. The van der Waals surface area contributed by atoms with Crippen molar-refractivity contribution in [3.63, 3.8) is 0 Å². The summed E-state index contributed by atoms with van der Waals surface area (Å²) in [5.41, 5.74) is 6.65. The molecule has 0 aliphatic carbocycles. The number of sulfonamides is 1. The van der Waals surface area contributed by atoms with Crippen LogP contribution in [0.25, 0.3) is 5.57 Å². The van der Waals surface area contributed by atoms with Gasteiger partial charge in [0.05, 0.1) is 24.2 Å². The fourth-order valence-electron chi connectivity index (χ4n) is 3.60. The van der Waals surface area contributed by atoms with E-state index in [0.717, 1.165) is 22.3 Å². The lowest BCUT2D eigenvalue weighted by atomic mass is 9.93. The van der Waals surface area contributed by atoms with Gasteiger partial charge in [-0.25, -0.2) is 13.9 Å². The van der Waals surface area contributed by atoms with E-state index >= 15 is 0 Å². The Bertz CT molecular complexity index is 1250. The summed E-state index contributed by atoms with van der Waals surface area (Å²) in [7, 11) is -2.48. The number of rotatable bonds is 5. The second-order valence-corrected chi connectivity index (χ2v) is 9.06. The molecule has 0 radical (unpaired) electrons. The SMILES string of the molecule is CONC(=O)c1ccc2c(c1)N(S(=O)(=O)c1ccc(C)cc1)CC=C2c1ccccc1. The van der Waals surface area contributed by atoms with Gasteiger partial charge < -0.3 is 0 Å². The molecule has 3 aromatic rings. The lowest BCUT2D eigenvalue weighted by Gasteiger charge is -2.31. The van der Waals surface area contributed by atoms with Gasteiger partial charge in [0, 0.05) is 11.1 Å². The van der Waals surface area contributed by atoms with Crippen molar-refractivity contribution in [2.24, 2.45) is 0 Å². The van der Waals surface area contributed by atoms with Gasteiger partial charge in [-0.1, -0.05) is 60.2 Å². The fraction of sp³-hybridized carbons (Fsp3) is 0.125. The van der Waals surface area contributed by atoms with Crippen LogP contribution in [0.1, 0.15) is 27.0 Å². The average Bonchev–Trinajstić information content (AvgIpc) is 2.79. The molecule has 1 amide bonds. The first-order valence-electron chi connectivity index (χ1n) is 9.74. The zero-order valence-electron chi connectivity index (χ0n) is 17.2. The molecule has 0 unspecified atom stereocenters. The molecule has 0 fully saturated rings. The van der Waals surface area contributed by atoms with Crippen LogP contribution in [0.3, 0.4) is 0 Å². The van der Waals surface area contributed by atoms with Crippen molar-refractivity contribution in [3.8, 4) is 0 Å². The molecule has 1 heterocycles. The largest absolute Gasteiger partial charge is 0.277 e. The summed E-state index contributed by atoms with van der Waals surface area (Å²) in [6, 6.07) is 21.5. The van der Waals surface area contributed by atoms with E-state index in [2.05, 4.69) is 5.48 Å². The van der Waals surface area contributed by atoms with E-state index in [1.54, 1.807) is 42.5 Å². The predicted molar refractivity (Wildman–Crippen MR) is 120 cm³/mol. The van der Waals surface area contributed by atoms with Crippen molar-refractivity contribution in [2.45, 2.75) is 11.8 Å². The number of aryl methyl sites for hydroxylation is 1. The highest BCUT2D eigenvalue weighted by Gasteiger charge is 2.30. The van der Waals surface area contributed by atoms with E-state index in [4.69, 9.17) is 4.84 Å². The van der Waals surface area contributed by atoms with Gasteiger partial charge in [0.1, 0.15) is 0 Å². The van der Waals surface area contributed by atoms with Crippen molar-refractivity contribution < 1.29 is 18.0 Å². The maximum Gasteiger partial charge on any atom is 0.274 e. The third kappa shape index (κ3) is 3.97. The first kappa shape index (κ1) is 20.8. The summed E-state index contributed by atoms with van der Waals surface area (Å²) < 4.78 is 28.3. The molecule has 4 rings (SSSR count). The number of nitrogens with one attached hydrogen (secondary N) is 1. The number of hydrogen-bond acceptors (Lipinski definition) is 4. The minimum absolute atomic E-state index is 0.156. The van der Waals surface area contributed by atoms with Crippen LogP contribution in [-0.4, -0.2) is 28.0 Å². The lowest BCUT2D eigenvalue weighted by Crippen LogP contribution is -2.34. The number of fused-ring (bicyclic) bond motifs is 1. The summed E-state index contributed by atoms with van der Waals surface area (Å²) in [6.45, 7) is 2.06. The summed E-state index contributed by atoms with van der Waals surface area (Å²) >= 11 is 0. The Balaban J connectivity index is 1.86. The minimum Gasteiger partial charge on any atom is -0.277 e. The third-order valence-electron chi connectivity index (χ3n) is 5.17. The smallest absolute Gasteiger partial charge is 0.274 e. The predicted octanol–water partition coefficient (Wildman–Crippen LogP) is 3.93. The Morgan fingerprint density at radius 3 is 2.39 bits per heavy atom. The zero-order valence-corrected chi connectivity index (χ0v) is 18.0. The van der Waals surface area contributed by atoms with E-state index in [-0.39, 0.29) is 11.4 Å². The number of amides is 1. The van der Waals surface area contributed by atoms with Gasteiger partial charge >= 0.3 is 0 Å². The molecule has 0 atom stereocenters. The number of anilines is 1. The maximum absolute atomic E-state index is 13.5. The van der Waals surface area contributed by atoms with E-state index in [1.807, 2.05) is 43.3 Å². The molecule has 0 saturated heterocycles. The highest BCUT2D eigenvalue weighted by Crippen LogP contribution is 2.38. The van der Waals surface area contributed by atoms with Gasteiger partial charge in [0.25, 0.3) is 15.9 Å². The van der Waals surface area contributed by atoms with Gasteiger partial charge in [-0.05, 0) is 42.3 Å². The monoisotopic (exact) mass is 434 g/mol. The molecule has 1 aliphatic heterocycles. The molecule has 3 aromatic carbocycles. The van der Waals surface area contributed by atoms with Crippen LogP contribution >= 0.6 is 0 Å². The number of hydroxylamine groups is 1. The molecular formula is C24H22N2O4S. The second-order valence-electron chi connectivity index (χ2n) is 7.20. The molecule has 0 aromatic heterocycles. The first-order valence-corrected chi connectivity index (χ1v) is 11.2. The number of hydrogen-bond donors (Lipinski definition) is 1. The van der Waals surface area contributed by atoms with Gasteiger partial charge in [0.2, 0.25) is 0 Å². The molecule has 7 heteroatoms. The standard InChI is InChI=1S/C24H22N2O4S/c1-17-8-11-20(12-9-17)31(28,29)26-15-14-21(18-6-4-3-5-7-18)22-13-10-19(16-23(22)26)24(27)25-30-2/h3-14,16H,15H2,1-2H3,(H,25,27). The van der Waals surface area contributed by atoms with Crippen molar-refractivity contribution in [1.29, 1.82) is 0 Å². The molecule has 158 valence electrons. The average molecular weight is 435 g/mol. The molecule has 31 heavy (non-hydrogen) atoms. The molecule has 1 aliphatic rings. The van der Waals surface area contributed by atoms with Crippen LogP contribution in [0.4, 0.5) is 5.69 Å². The van der Waals surface area contributed by atoms with Crippen molar-refractivity contribution >= 4 is 27.2 Å². The Hall–Kier alpha value is -3.42. The highest BCUT2D eigenvalue weighted by atomic mass is 32.2. The Kier molecular flexibility index (Phi) is 5.63.